The Morgan fingerprint density at radius 1 is 1.17 bits per heavy atom. The van der Waals surface area contributed by atoms with Gasteiger partial charge >= 0.3 is 6.18 Å². The zero-order valence-corrected chi connectivity index (χ0v) is 12.9. The first-order chi connectivity index (χ1) is 10.8. The van der Waals surface area contributed by atoms with Crippen LogP contribution in [0.5, 0.6) is 0 Å². The van der Waals surface area contributed by atoms with Crippen LogP contribution in [0.4, 0.5) is 18.9 Å². The van der Waals surface area contributed by atoms with Gasteiger partial charge in [0.1, 0.15) is 0 Å². The summed E-state index contributed by atoms with van der Waals surface area (Å²) in [5, 5.41) is -0.611. The maximum absolute atomic E-state index is 13.4. The molecule has 2 aromatic rings. The molecule has 0 bridgehead atoms. The molecule has 0 fully saturated rings. The number of nitrogens with zero attached hydrogens (tertiary/aromatic N) is 1. The third-order valence-corrected chi connectivity index (χ3v) is 4.15. The molecule has 1 heterocycles. The molecule has 1 unspecified atom stereocenters. The highest BCUT2D eigenvalue weighted by atomic mass is 35.5. The Hall–Kier alpha value is -2.01. The van der Waals surface area contributed by atoms with E-state index < -0.39 is 23.0 Å². The summed E-state index contributed by atoms with van der Waals surface area (Å²) in [5.41, 5.74) is 0.158. The van der Waals surface area contributed by atoms with Gasteiger partial charge in [0.15, 0.2) is 0 Å². The van der Waals surface area contributed by atoms with Crippen molar-refractivity contribution >= 4 is 23.2 Å². The Labute approximate surface area is 136 Å². The molecule has 120 valence electrons. The van der Waals surface area contributed by atoms with Gasteiger partial charge in [-0.2, -0.15) is 13.2 Å². The van der Waals surface area contributed by atoms with Crippen molar-refractivity contribution in [3.8, 4) is 0 Å². The minimum atomic E-state index is -4.53. The van der Waals surface area contributed by atoms with Gasteiger partial charge < -0.3 is 4.90 Å². The highest BCUT2D eigenvalue weighted by Crippen LogP contribution is 2.40. The Morgan fingerprint density at radius 3 is 2.39 bits per heavy atom. The number of carbonyl (C=O) groups excluding carboxylic acids is 1. The van der Waals surface area contributed by atoms with Crippen LogP contribution in [0.1, 0.15) is 39.3 Å². The second-order valence-corrected chi connectivity index (χ2v) is 6.09. The molecule has 2 nitrogen and oxygen atoms in total. The van der Waals surface area contributed by atoms with Crippen molar-refractivity contribution in [3.05, 3.63) is 64.7 Å². The number of carbonyl (C=O) groups is 1. The van der Waals surface area contributed by atoms with E-state index in [1.54, 1.807) is 37.3 Å². The van der Waals surface area contributed by atoms with Gasteiger partial charge in [0, 0.05) is 11.3 Å². The van der Waals surface area contributed by atoms with Gasteiger partial charge in [-0.3, -0.25) is 4.79 Å². The first-order valence-electron chi connectivity index (χ1n) is 7.04. The molecule has 1 aliphatic rings. The quantitative estimate of drug-likeness (QED) is 0.691. The Kier molecular flexibility index (Phi) is 3.84. The van der Waals surface area contributed by atoms with Gasteiger partial charge in [0.2, 0.25) is 0 Å². The van der Waals surface area contributed by atoms with Crippen molar-refractivity contribution in [1.82, 2.24) is 0 Å². The number of hydrogen-bond acceptors (Lipinski definition) is 1. The lowest BCUT2D eigenvalue weighted by Gasteiger charge is -2.16. The molecular weight excluding hydrogens is 327 g/mol. The Morgan fingerprint density at radius 2 is 1.83 bits per heavy atom. The molecule has 0 aliphatic carbocycles. The zero-order chi connectivity index (χ0) is 16.8. The number of halogens is 4. The number of amides is 1. The highest BCUT2D eigenvalue weighted by molar-refractivity contribution is 6.20. The number of hydrogen-bond donors (Lipinski definition) is 0. The topological polar surface area (TPSA) is 20.3 Å². The molecule has 3 rings (SSSR count). The molecule has 0 spiro atoms. The van der Waals surface area contributed by atoms with Crippen LogP contribution in [0.15, 0.2) is 42.5 Å². The predicted molar refractivity (Wildman–Crippen MR) is 82.7 cm³/mol. The summed E-state index contributed by atoms with van der Waals surface area (Å²) >= 11 is 5.94. The molecule has 0 N–H and O–H groups in total. The van der Waals surface area contributed by atoms with Crippen molar-refractivity contribution in [2.45, 2.75) is 25.0 Å². The number of alkyl halides is 4. The molecule has 0 aromatic heterocycles. The van der Waals surface area contributed by atoms with Crippen LogP contribution in [0.3, 0.4) is 0 Å². The fourth-order valence-electron chi connectivity index (χ4n) is 2.73. The average molecular weight is 340 g/mol. The lowest BCUT2D eigenvalue weighted by Crippen LogP contribution is -2.22. The van der Waals surface area contributed by atoms with Gasteiger partial charge in [-0.15, -0.1) is 11.6 Å². The van der Waals surface area contributed by atoms with Gasteiger partial charge in [0.05, 0.1) is 17.5 Å². The molecule has 0 saturated carbocycles. The molecule has 6 heteroatoms. The summed E-state index contributed by atoms with van der Waals surface area (Å²) in [7, 11) is 0. The molecule has 1 atom stereocenters. The smallest absolute Gasteiger partial charge is 0.304 e. The van der Waals surface area contributed by atoms with E-state index in [0.29, 0.717) is 11.3 Å². The second kappa shape index (κ2) is 5.57. The van der Waals surface area contributed by atoms with Crippen molar-refractivity contribution in [2.24, 2.45) is 0 Å². The van der Waals surface area contributed by atoms with Gasteiger partial charge in [-0.25, -0.2) is 0 Å². The number of anilines is 1. The summed E-state index contributed by atoms with van der Waals surface area (Å²) in [6.45, 7) is 1.49. The largest absolute Gasteiger partial charge is 0.416 e. The van der Waals surface area contributed by atoms with Gasteiger partial charge in [-0.05, 0) is 42.3 Å². The van der Waals surface area contributed by atoms with Crippen molar-refractivity contribution < 1.29 is 18.0 Å². The number of para-hydroxylation sites is 1. The molecule has 23 heavy (non-hydrogen) atoms. The lowest BCUT2D eigenvalue weighted by atomic mass is 9.97. The lowest BCUT2D eigenvalue weighted by molar-refractivity contribution is -0.138. The summed E-state index contributed by atoms with van der Waals surface area (Å²) < 4.78 is 40.1. The maximum Gasteiger partial charge on any atom is 0.416 e. The molecule has 0 radical (unpaired) electrons. The fraction of sp³-hybridized carbons (Fsp3) is 0.235. The van der Waals surface area contributed by atoms with E-state index in [0.717, 1.165) is 6.07 Å². The third kappa shape index (κ3) is 2.81. The van der Waals surface area contributed by atoms with E-state index in [4.69, 9.17) is 11.6 Å². The average Bonchev–Trinajstić information content (AvgIpc) is 2.83. The van der Waals surface area contributed by atoms with E-state index in [-0.39, 0.29) is 17.7 Å². The van der Waals surface area contributed by atoms with Crippen LogP contribution >= 0.6 is 11.6 Å². The van der Waals surface area contributed by atoms with E-state index in [9.17, 15) is 18.0 Å². The summed E-state index contributed by atoms with van der Waals surface area (Å²) in [4.78, 5) is 13.9. The monoisotopic (exact) mass is 339 g/mol. The normalized spacial score (nSPS) is 15.7. The predicted octanol–water partition coefficient (Wildman–Crippen LogP) is 5.17. The van der Waals surface area contributed by atoms with E-state index >= 15 is 0 Å². The highest BCUT2D eigenvalue weighted by Gasteiger charge is 2.40. The zero-order valence-electron chi connectivity index (χ0n) is 12.2. The van der Waals surface area contributed by atoms with Crippen LogP contribution in [0.2, 0.25) is 0 Å². The summed E-state index contributed by atoms with van der Waals surface area (Å²) in [5.74, 6) is -0.434. The minimum absolute atomic E-state index is 0.00687. The van der Waals surface area contributed by atoms with Crippen molar-refractivity contribution in [1.29, 1.82) is 0 Å². The van der Waals surface area contributed by atoms with Crippen LogP contribution < -0.4 is 4.90 Å². The molecule has 1 amide bonds. The Balaban J connectivity index is 2.14. The SMILES string of the molecule is CC(Cl)c1cc2c(c(C(F)(F)F)c1)CN(c1ccccc1)C2=O. The number of benzene rings is 2. The second-order valence-electron chi connectivity index (χ2n) is 5.44. The standard InChI is InChI=1S/C17H13ClF3NO/c1-10(18)11-7-13-14(15(8-11)17(19,20)21)9-22(16(13)23)12-5-3-2-4-6-12/h2-8,10H,9H2,1H3. The van der Waals surface area contributed by atoms with E-state index in [2.05, 4.69) is 0 Å². The molecule has 1 aliphatic heterocycles. The summed E-state index contributed by atoms with van der Waals surface area (Å²) in [6.07, 6.45) is -4.53. The van der Waals surface area contributed by atoms with E-state index in [1.807, 2.05) is 0 Å². The first-order valence-corrected chi connectivity index (χ1v) is 7.47. The van der Waals surface area contributed by atoms with E-state index in [1.165, 1.54) is 11.0 Å². The van der Waals surface area contributed by atoms with Gasteiger partial charge in [-0.1, -0.05) is 18.2 Å². The Bertz CT molecular complexity index is 756. The van der Waals surface area contributed by atoms with Crippen LogP contribution in [0.25, 0.3) is 0 Å². The molecular formula is C17H13ClF3NO. The number of rotatable bonds is 2. The molecule has 2 aromatic carbocycles. The third-order valence-electron chi connectivity index (χ3n) is 3.90. The van der Waals surface area contributed by atoms with Crippen LogP contribution in [-0.4, -0.2) is 5.91 Å². The first kappa shape index (κ1) is 15.9. The van der Waals surface area contributed by atoms with Crippen molar-refractivity contribution in [3.63, 3.8) is 0 Å². The van der Waals surface area contributed by atoms with Crippen LogP contribution in [0, 0.1) is 0 Å². The summed E-state index contributed by atoms with van der Waals surface area (Å²) in [6, 6.07) is 11.2. The minimum Gasteiger partial charge on any atom is -0.304 e. The maximum atomic E-state index is 13.4. The van der Waals surface area contributed by atoms with Crippen molar-refractivity contribution in [2.75, 3.05) is 4.90 Å². The fourth-order valence-corrected chi connectivity index (χ4v) is 2.86. The molecule has 0 saturated heterocycles. The van der Waals surface area contributed by atoms with Gasteiger partial charge in [0.25, 0.3) is 5.91 Å². The number of fused-ring (bicyclic) bond motifs is 1. The van der Waals surface area contributed by atoms with Crippen LogP contribution in [-0.2, 0) is 12.7 Å².